The Bertz CT molecular complexity index is 144. The highest BCUT2D eigenvalue weighted by Crippen LogP contribution is 2.28. The van der Waals surface area contributed by atoms with Crippen LogP contribution in [0.2, 0.25) is 31.7 Å². The summed E-state index contributed by atoms with van der Waals surface area (Å²) in [7, 11) is -2.15. The van der Waals surface area contributed by atoms with Gasteiger partial charge in [-0.15, -0.1) is 0 Å². The van der Waals surface area contributed by atoms with Gasteiger partial charge in [-0.25, -0.2) is 0 Å². The molecule has 0 fully saturated rings. The molecule has 1 nitrogen and oxygen atoms in total. The SMILES string of the molecule is CC(C)[Si](C)(C)OC(C)(C)[SiH](C)C. The van der Waals surface area contributed by atoms with Crippen molar-refractivity contribution in [2.24, 2.45) is 0 Å². The number of hydrogen-bond acceptors (Lipinski definition) is 1. The number of hydrogen-bond donors (Lipinski definition) is 0. The van der Waals surface area contributed by atoms with Crippen LogP contribution < -0.4 is 0 Å². The van der Waals surface area contributed by atoms with Crippen LogP contribution in [-0.4, -0.2) is 22.3 Å². The Hall–Kier alpha value is 0.394. The number of rotatable bonds is 4. The van der Waals surface area contributed by atoms with E-state index in [-0.39, 0.29) is 5.22 Å². The van der Waals surface area contributed by atoms with E-state index in [0.29, 0.717) is 5.54 Å². The van der Waals surface area contributed by atoms with Gasteiger partial charge in [0.15, 0.2) is 8.32 Å². The van der Waals surface area contributed by atoms with Crippen LogP contribution >= 0.6 is 0 Å². The van der Waals surface area contributed by atoms with Gasteiger partial charge in [-0.3, -0.25) is 0 Å². The Morgan fingerprint density at radius 3 is 1.77 bits per heavy atom. The molecule has 0 N–H and O–H groups in total. The van der Waals surface area contributed by atoms with E-state index in [0.717, 1.165) is 0 Å². The second kappa shape index (κ2) is 4.28. The summed E-state index contributed by atoms with van der Waals surface area (Å²) in [5.41, 5.74) is 0.708. The molecule has 0 aromatic rings. The lowest BCUT2D eigenvalue weighted by Gasteiger charge is -2.39. The highest BCUT2D eigenvalue weighted by atomic mass is 28.4. The molecule has 0 unspecified atom stereocenters. The summed E-state index contributed by atoms with van der Waals surface area (Å²) in [6, 6.07) is 0. The van der Waals surface area contributed by atoms with Gasteiger partial charge in [-0.05, 0) is 32.5 Å². The normalized spacial score (nSPS) is 14.3. The van der Waals surface area contributed by atoms with Crippen molar-refractivity contribution in [2.45, 2.75) is 64.6 Å². The molecule has 0 aliphatic rings. The van der Waals surface area contributed by atoms with E-state index in [1.807, 2.05) is 0 Å². The zero-order valence-electron chi connectivity index (χ0n) is 10.6. The third-order valence-corrected chi connectivity index (χ3v) is 10.3. The first-order chi connectivity index (χ1) is 5.59. The van der Waals surface area contributed by atoms with Crippen molar-refractivity contribution < 1.29 is 4.43 Å². The molecule has 0 saturated heterocycles. The summed E-state index contributed by atoms with van der Waals surface area (Å²) in [6.07, 6.45) is 0. The Balaban J connectivity index is 4.42. The van der Waals surface area contributed by atoms with E-state index in [2.05, 4.69) is 53.9 Å². The van der Waals surface area contributed by atoms with Crippen molar-refractivity contribution in [1.29, 1.82) is 0 Å². The zero-order chi connectivity index (χ0) is 10.9. The van der Waals surface area contributed by atoms with Gasteiger partial charge in [0.25, 0.3) is 0 Å². The highest BCUT2D eigenvalue weighted by Gasteiger charge is 2.35. The summed E-state index contributed by atoms with van der Waals surface area (Å²) in [6.45, 7) is 18.5. The quantitative estimate of drug-likeness (QED) is 0.657. The van der Waals surface area contributed by atoms with Crippen molar-refractivity contribution in [3.63, 3.8) is 0 Å². The molecule has 0 aromatic heterocycles. The fraction of sp³-hybridized carbons (Fsp3) is 1.00. The molecule has 0 spiro atoms. The van der Waals surface area contributed by atoms with Crippen LogP contribution in [0.25, 0.3) is 0 Å². The van der Waals surface area contributed by atoms with E-state index in [4.69, 9.17) is 4.43 Å². The smallest absolute Gasteiger partial charge is 0.189 e. The Morgan fingerprint density at radius 2 is 1.54 bits per heavy atom. The van der Waals surface area contributed by atoms with Crippen LogP contribution in [0.1, 0.15) is 27.7 Å². The van der Waals surface area contributed by atoms with Crippen LogP contribution in [0.3, 0.4) is 0 Å². The molecule has 0 amide bonds. The molecular formula is C10H26OSi2. The standard InChI is InChI=1S/C10H26OSi2/c1-9(2)13(7,8)11-10(3,4)12(5)6/h9,12H,1-8H3. The summed E-state index contributed by atoms with van der Waals surface area (Å²) in [5, 5.41) is 0.167. The van der Waals surface area contributed by atoms with Crippen LogP contribution in [0, 0.1) is 0 Å². The third-order valence-electron chi connectivity index (χ3n) is 3.31. The summed E-state index contributed by atoms with van der Waals surface area (Å²) >= 11 is 0. The van der Waals surface area contributed by atoms with Gasteiger partial charge in [0.2, 0.25) is 0 Å². The summed E-state index contributed by atoms with van der Waals surface area (Å²) in [4.78, 5) is 0. The first-order valence-corrected chi connectivity index (χ1v) is 11.2. The van der Waals surface area contributed by atoms with E-state index in [1.165, 1.54) is 0 Å². The van der Waals surface area contributed by atoms with Gasteiger partial charge < -0.3 is 4.43 Å². The van der Waals surface area contributed by atoms with E-state index < -0.39 is 17.1 Å². The average Bonchev–Trinajstić information content (AvgIpc) is 1.83. The van der Waals surface area contributed by atoms with Crippen molar-refractivity contribution >= 4 is 17.1 Å². The molecule has 13 heavy (non-hydrogen) atoms. The fourth-order valence-electron chi connectivity index (χ4n) is 0.914. The van der Waals surface area contributed by atoms with Crippen LogP contribution in [-0.2, 0) is 4.43 Å². The van der Waals surface area contributed by atoms with Gasteiger partial charge >= 0.3 is 0 Å². The van der Waals surface area contributed by atoms with E-state index >= 15 is 0 Å². The van der Waals surface area contributed by atoms with E-state index in [9.17, 15) is 0 Å². The molecule has 0 heterocycles. The monoisotopic (exact) mass is 218 g/mol. The van der Waals surface area contributed by atoms with Gasteiger partial charge in [-0.1, -0.05) is 26.9 Å². The molecule has 0 bridgehead atoms. The highest BCUT2D eigenvalue weighted by molar-refractivity contribution is 6.73. The lowest BCUT2D eigenvalue weighted by molar-refractivity contribution is 0.175. The van der Waals surface area contributed by atoms with Gasteiger partial charge in [0.05, 0.1) is 8.80 Å². The Kier molecular flexibility index (Phi) is 4.41. The minimum atomic E-state index is -1.44. The lowest BCUT2D eigenvalue weighted by Crippen LogP contribution is -2.49. The Morgan fingerprint density at radius 1 is 1.15 bits per heavy atom. The van der Waals surface area contributed by atoms with Gasteiger partial charge in [0, 0.05) is 5.22 Å². The molecule has 0 rings (SSSR count). The molecule has 3 heteroatoms. The average molecular weight is 218 g/mol. The van der Waals surface area contributed by atoms with Crippen LogP contribution in [0.5, 0.6) is 0 Å². The maximum Gasteiger partial charge on any atom is 0.189 e. The van der Waals surface area contributed by atoms with Gasteiger partial charge in [-0.2, -0.15) is 0 Å². The zero-order valence-corrected chi connectivity index (χ0v) is 12.7. The fourth-order valence-corrected chi connectivity index (χ4v) is 4.36. The third kappa shape index (κ3) is 3.96. The maximum absolute atomic E-state index is 6.35. The maximum atomic E-state index is 6.35. The molecule has 0 aromatic carbocycles. The molecule has 0 radical (unpaired) electrons. The molecule has 0 aliphatic heterocycles. The largest absolute Gasteiger partial charge is 0.415 e. The second-order valence-corrected chi connectivity index (χ2v) is 13.9. The molecule has 0 atom stereocenters. The molecular weight excluding hydrogens is 192 g/mol. The predicted molar refractivity (Wildman–Crippen MR) is 66.6 cm³/mol. The molecule has 0 aliphatic carbocycles. The molecule has 0 saturated carbocycles. The minimum Gasteiger partial charge on any atom is -0.415 e. The summed E-state index contributed by atoms with van der Waals surface area (Å²) in [5.74, 6) is 0. The minimum absolute atomic E-state index is 0.167. The predicted octanol–water partition coefficient (Wildman–Crippen LogP) is 3.42. The van der Waals surface area contributed by atoms with Crippen molar-refractivity contribution in [3.8, 4) is 0 Å². The van der Waals surface area contributed by atoms with Crippen molar-refractivity contribution in [3.05, 3.63) is 0 Å². The van der Waals surface area contributed by atoms with Crippen molar-refractivity contribution in [1.82, 2.24) is 0 Å². The van der Waals surface area contributed by atoms with E-state index in [1.54, 1.807) is 0 Å². The van der Waals surface area contributed by atoms with Crippen LogP contribution in [0.4, 0.5) is 0 Å². The Labute approximate surface area is 86.6 Å². The first-order valence-electron chi connectivity index (χ1n) is 5.29. The second-order valence-electron chi connectivity index (χ2n) is 5.62. The van der Waals surface area contributed by atoms with Crippen LogP contribution in [0.15, 0.2) is 0 Å². The summed E-state index contributed by atoms with van der Waals surface area (Å²) < 4.78 is 6.35. The van der Waals surface area contributed by atoms with Gasteiger partial charge in [0.1, 0.15) is 0 Å². The lowest BCUT2D eigenvalue weighted by atomic mass is 10.5. The first kappa shape index (κ1) is 13.4. The molecule has 80 valence electrons. The van der Waals surface area contributed by atoms with Crippen molar-refractivity contribution in [2.75, 3.05) is 0 Å². The topological polar surface area (TPSA) is 9.23 Å².